The van der Waals surface area contributed by atoms with E-state index in [4.69, 9.17) is 4.42 Å². The van der Waals surface area contributed by atoms with Crippen molar-refractivity contribution in [3.8, 4) is 11.3 Å². The van der Waals surface area contributed by atoms with Gasteiger partial charge in [-0.15, -0.1) is 0 Å². The molecule has 0 fully saturated rings. The van der Waals surface area contributed by atoms with Crippen LogP contribution in [0.4, 0.5) is 0 Å². The number of esters is 1. The predicted molar refractivity (Wildman–Crippen MR) is 58.1 cm³/mol. The Hall–Kier alpha value is -1.55. The number of furan rings is 1. The highest BCUT2D eigenvalue weighted by molar-refractivity contribution is 7.08. The van der Waals surface area contributed by atoms with Gasteiger partial charge < -0.3 is 9.15 Å². The Labute approximate surface area is 91.3 Å². The number of hydrogen-bond acceptors (Lipinski definition) is 4. The number of carbonyl (C=O) groups excluding carboxylic acids is 1. The summed E-state index contributed by atoms with van der Waals surface area (Å²) in [5.41, 5.74) is 1.47. The number of carbonyl (C=O) groups is 1. The summed E-state index contributed by atoms with van der Waals surface area (Å²) >= 11 is 1.59. The van der Waals surface area contributed by atoms with Crippen molar-refractivity contribution in [3.05, 3.63) is 34.2 Å². The van der Waals surface area contributed by atoms with E-state index in [-0.39, 0.29) is 5.97 Å². The molecule has 78 valence electrons. The fourth-order valence-electron chi connectivity index (χ4n) is 1.34. The van der Waals surface area contributed by atoms with Crippen molar-refractivity contribution in [2.75, 3.05) is 7.11 Å². The Balaban J connectivity index is 2.41. The van der Waals surface area contributed by atoms with Crippen LogP contribution in [0.25, 0.3) is 11.3 Å². The molecule has 0 saturated heterocycles. The molecule has 2 heterocycles. The van der Waals surface area contributed by atoms with Crippen molar-refractivity contribution in [1.29, 1.82) is 0 Å². The minimum atomic E-state index is -0.363. The van der Waals surface area contributed by atoms with Gasteiger partial charge in [0, 0.05) is 10.9 Å². The van der Waals surface area contributed by atoms with Crippen molar-refractivity contribution in [3.63, 3.8) is 0 Å². The molecule has 0 radical (unpaired) electrons. The Morgan fingerprint density at radius 2 is 2.33 bits per heavy atom. The summed E-state index contributed by atoms with van der Waals surface area (Å²) in [6, 6.07) is 3.66. The van der Waals surface area contributed by atoms with Crippen LogP contribution in [0, 0.1) is 6.92 Å². The van der Waals surface area contributed by atoms with Gasteiger partial charge in [0.2, 0.25) is 0 Å². The largest absolute Gasteiger partial charge is 0.465 e. The van der Waals surface area contributed by atoms with E-state index in [0.717, 1.165) is 5.56 Å². The predicted octanol–water partition coefficient (Wildman–Crippen LogP) is 3.10. The van der Waals surface area contributed by atoms with Crippen molar-refractivity contribution < 1.29 is 13.9 Å². The summed E-state index contributed by atoms with van der Waals surface area (Å²) in [5.74, 6) is 0.926. The second-order valence-electron chi connectivity index (χ2n) is 3.08. The van der Waals surface area contributed by atoms with E-state index >= 15 is 0 Å². The summed E-state index contributed by atoms with van der Waals surface area (Å²) < 4.78 is 10.1. The maximum atomic E-state index is 11.3. The van der Waals surface area contributed by atoms with E-state index < -0.39 is 0 Å². The Bertz CT molecular complexity index is 468. The Morgan fingerprint density at radius 3 is 2.93 bits per heavy atom. The summed E-state index contributed by atoms with van der Waals surface area (Å²) in [7, 11) is 1.36. The molecule has 0 bridgehead atoms. The lowest BCUT2D eigenvalue weighted by atomic mass is 10.2. The van der Waals surface area contributed by atoms with Crippen LogP contribution in [0.5, 0.6) is 0 Å². The zero-order valence-corrected chi connectivity index (χ0v) is 9.26. The summed E-state index contributed by atoms with van der Waals surface area (Å²) in [4.78, 5) is 11.3. The molecule has 0 amide bonds. The lowest BCUT2D eigenvalue weighted by Crippen LogP contribution is -2.00. The second-order valence-corrected chi connectivity index (χ2v) is 3.86. The maximum absolute atomic E-state index is 11.3. The summed E-state index contributed by atoms with van der Waals surface area (Å²) in [6.07, 6.45) is 0. The minimum absolute atomic E-state index is 0.363. The molecule has 0 atom stereocenters. The number of aryl methyl sites for hydroxylation is 1. The first-order chi connectivity index (χ1) is 7.22. The van der Waals surface area contributed by atoms with Gasteiger partial charge in [-0.2, -0.15) is 11.3 Å². The van der Waals surface area contributed by atoms with E-state index in [2.05, 4.69) is 4.74 Å². The monoisotopic (exact) mass is 222 g/mol. The third kappa shape index (κ3) is 1.80. The molecule has 0 aliphatic heterocycles. The molecule has 15 heavy (non-hydrogen) atoms. The molecule has 2 aromatic heterocycles. The van der Waals surface area contributed by atoms with Crippen molar-refractivity contribution in [1.82, 2.24) is 0 Å². The van der Waals surface area contributed by atoms with Crippen LogP contribution in [-0.4, -0.2) is 13.1 Å². The van der Waals surface area contributed by atoms with E-state index in [9.17, 15) is 4.79 Å². The quantitative estimate of drug-likeness (QED) is 0.733. The standard InChI is InChI=1S/C11H10O3S/c1-7-9(11(12)13-2)5-10(14-7)8-3-4-15-6-8/h3-6H,1-2H3. The minimum Gasteiger partial charge on any atom is -0.465 e. The summed E-state index contributed by atoms with van der Waals surface area (Å²) in [6.45, 7) is 1.75. The third-order valence-corrected chi connectivity index (χ3v) is 2.81. The Kier molecular flexibility index (Phi) is 2.60. The average Bonchev–Trinajstić information content (AvgIpc) is 2.84. The number of methoxy groups -OCH3 is 1. The van der Waals surface area contributed by atoms with Crippen LogP contribution in [0.2, 0.25) is 0 Å². The number of thiophene rings is 1. The van der Waals surface area contributed by atoms with Gasteiger partial charge in [-0.05, 0) is 24.4 Å². The van der Waals surface area contributed by atoms with Crippen LogP contribution in [0.3, 0.4) is 0 Å². The smallest absolute Gasteiger partial charge is 0.341 e. The van der Waals surface area contributed by atoms with Crippen LogP contribution in [0.15, 0.2) is 27.3 Å². The lowest BCUT2D eigenvalue weighted by Gasteiger charge is -1.93. The molecule has 0 spiro atoms. The highest BCUT2D eigenvalue weighted by Crippen LogP contribution is 2.27. The highest BCUT2D eigenvalue weighted by Gasteiger charge is 2.16. The van der Waals surface area contributed by atoms with Gasteiger partial charge in [0.1, 0.15) is 17.1 Å². The highest BCUT2D eigenvalue weighted by atomic mass is 32.1. The summed E-state index contributed by atoms with van der Waals surface area (Å²) in [5, 5.41) is 3.93. The number of hydrogen-bond donors (Lipinski definition) is 0. The fourth-order valence-corrected chi connectivity index (χ4v) is 1.99. The lowest BCUT2D eigenvalue weighted by molar-refractivity contribution is 0.0599. The van der Waals surface area contributed by atoms with Gasteiger partial charge in [-0.3, -0.25) is 0 Å². The van der Waals surface area contributed by atoms with Gasteiger partial charge in [0.05, 0.1) is 7.11 Å². The van der Waals surface area contributed by atoms with Crippen LogP contribution >= 0.6 is 11.3 Å². The zero-order valence-electron chi connectivity index (χ0n) is 8.44. The molecule has 0 saturated carbocycles. The van der Waals surface area contributed by atoms with Crippen LogP contribution in [0.1, 0.15) is 16.1 Å². The van der Waals surface area contributed by atoms with E-state index in [1.807, 2.05) is 16.8 Å². The molecule has 0 N–H and O–H groups in total. The fraction of sp³-hybridized carbons (Fsp3) is 0.182. The van der Waals surface area contributed by atoms with Crippen molar-refractivity contribution >= 4 is 17.3 Å². The van der Waals surface area contributed by atoms with Crippen molar-refractivity contribution in [2.45, 2.75) is 6.92 Å². The normalized spacial score (nSPS) is 10.3. The number of rotatable bonds is 2. The van der Waals surface area contributed by atoms with Gasteiger partial charge in [0.15, 0.2) is 0 Å². The van der Waals surface area contributed by atoms with E-state index in [1.165, 1.54) is 7.11 Å². The second kappa shape index (κ2) is 3.90. The molecular formula is C11H10O3S. The van der Waals surface area contributed by atoms with Gasteiger partial charge in [0.25, 0.3) is 0 Å². The van der Waals surface area contributed by atoms with Gasteiger partial charge >= 0.3 is 5.97 Å². The van der Waals surface area contributed by atoms with E-state index in [1.54, 1.807) is 24.3 Å². The van der Waals surface area contributed by atoms with E-state index in [0.29, 0.717) is 17.1 Å². The Morgan fingerprint density at radius 1 is 1.53 bits per heavy atom. The van der Waals surface area contributed by atoms with Crippen LogP contribution in [-0.2, 0) is 4.74 Å². The molecule has 0 unspecified atom stereocenters. The molecule has 3 nitrogen and oxygen atoms in total. The first-order valence-corrected chi connectivity index (χ1v) is 5.38. The molecule has 2 rings (SSSR count). The topological polar surface area (TPSA) is 39.4 Å². The zero-order chi connectivity index (χ0) is 10.8. The molecular weight excluding hydrogens is 212 g/mol. The number of ether oxygens (including phenoxy) is 1. The third-order valence-electron chi connectivity index (χ3n) is 2.13. The van der Waals surface area contributed by atoms with Gasteiger partial charge in [-0.1, -0.05) is 0 Å². The SMILES string of the molecule is COC(=O)c1cc(-c2ccsc2)oc1C. The maximum Gasteiger partial charge on any atom is 0.341 e. The molecule has 0 aromatic carbocycles. The average molecular weight is 222 g/mol. The molecule has 2 aromatic rings. The first kappa shape index (κ1) is 9.98. The molecule has 0 aliphatic rings. The van der Waals surface area contributed by atoms with Gasteiger partial charge in [-0.25, -0.2) is 4.79 Å². The molecule has 0 aliphatic carbocycles. The van der Waals surface area contributed by atoms with Crippen LogP contribution < -0.4 is 0 Å². The van der Waals surface area contributed by atoms with Crippen molar-refractivity contribution in [2.24, 2.45) is 0 Å². The molecule has 4 heteroatoms. The first-order valence-electron chi connectivity index (χ1n) is 4.43.